The van der Waals surface area contributed by atoms with Crippen LogP contribution in [-0.2, 0) is 17.5 Å². The number of hydrogen-bond acceptors (Lipinski definition) is 5. The number of rotatable bonds is 5. The average molecular weight is 595 g/mol. The van der Waals surface area contributed by atoms with Gasteiger partial charge in [0.15, 0.2) is 0 Å². The zero-order valence-corrected chi connectivity index (χ0v) is 23.3. The molecule has 0 N–H and O–H groups in total. The molecule has 0 aromatic heterocycles. The van der Waals surface area contributed by atoms with Gasteiger partial charge in [0.2, 0.25) is 5.91 Å². The van der Waals surface area contributed by atoms with Crippen molar-refractivity contribution in [2.45, 2.75) is 25.6 Å². The Kier molecular flexibility index (Phi) is 7.57. The van der Waals surface area contributed by atoms with Gasteiger partial charge >= 0.3 is 6.18 Å². The largest absolute Gasteiger partial charge is 0.416 e. The second kappa shape index (κ2) is 11.3. The molecule has 3 aromatic rings. The number of fused-ring (bicyclic) bond motifs is 1. The highest BCUT2D eigenvalue weighted by Gasteiger charge is 2.40. The Morgan fingerprint density at radius 2 is 1.42 bits per heavy atom. The maximum absolute atomic E-state index is 14.2. The fraction of sp³-hybridized carbons (Fsp3) is 0.344. The lowest BCUT2D eigenvalue weighted by atomic mass is 9.93. The van der Waals surface area contributed by atoms with E-state index in [4.69, 9.17) is 0 Å². The van der Waals surface area contributed by atoms with Crippen molar-refractivity contribution in [2.24, 2.45) is 5.92 Å². The summed E-state index contributed by atoms with van der Waals surface area (Å²) in [5.74, 6) is -1.47. The molecule has 3 heterocycles. The van der Waals surface area contributed by atoms with Crippen LogP contribution in [0.1, 0.15) is 44.7 Å². The van der Waals surface area contributed by atoms with E-state index in [9.17, 15) is 31.9 Å². The molecule has 0 saturated carbocycles. The van der Waals surface area contributed by atoms with Gasteiger partial charge in [0, 0.05) is 45.2 Å². The van der Waals surface area contributed by atoms with E-state index in [1.54, 1.807) is 36.4 Å². The van der Waals surface area contributed by atoms with Gasteiger partial charge in [0.05, 0.1) is 34.6 Å². The van der Waals surface area contributed by atoms with E-state index in [1.807, 2.05) is 14.7 Å². The zero-order chi connectivity index (χ0) is 30.3. The number of piperidine rings is 1. The van der Waals surface area contributed by atoms with Gasteiger partial charge in [-0.2, -0.15) is 13.2 Å². The normalized spacial score (nSPS) is 18.0. The quantitative estimate of drug-likeness (QED) is 0.300. The SMILES string of the molecule is O=C(C1CCN(c2cccc3c2C(=O)N(Cc2cccc(C(F)(F)F)c2)C3=O)CC1)N1CCN(c2ccccc2F)CC1. The van der Waals surface area contributed by atoms with Gasteiger partial charge in [-0.3, -0.25) is 19.3 Å². The predicted octanol–water partition coefficient (Wildman–Crippen LogP) is 5.21. The third-order valence-corrected chi connectivity index (χ3v) is 8.54. The molecule has 43 heavy (non-hydrogen) atoms. The third-order valence-electron chi connectivity index (χ3n) is 8.54. The summed E-state index contributed by atoms with van der Waals surface area (Å²) in [5.41, 5.74) is 0.965. The Hall–Kier alpha value is -4.41. The van der Waals surface area contributed by atoms with Gasteiger partial charge in [-0.15, -0.1) is 0 Å². The minimum Gasteiger partial charge on any atom is -0.371 e. The first-order chi connectivity index (χ1) is 20.6. The number of nitrogens with zero attached hydrogens (tertiary/aromatic N) is 4. The molecule has 2 fully saturated rings. The van der Waals surface area contributed by atoms with Gasteiger partial charge in [-0.1, -0.05) is 30.3 Å². The molecule has 6 rings (SSSR count). The summed E-state index contributed by atoms with van der Waals surface area (Å²) in [4.78, 5) is 46.7. The number of halogens is 4. The molecule has 3 aromatic carbocycles. The standard InChI is InChI=1S/C32H30F4N4O3/c33-25-8-1-2-9-26(25)38-15-17-39(18-16-38)29(41)22-11-13-37(14-12-22)27-10-4-7-24-28(27)31(43)40(30(24)42)20-21-5-3-6-23(19-21)32(34,35)36/h1-10,19,22H,11-18,20H2. The molecule has 7 nitrogen and oxygen atoms in total. The average Bonchev–Trinajstić information content (AvgIpc) is 3.26. The number of para-hydroxylation sites is 1. The topological polar surface area (TPSA) is 64.2 Å². The van der Waals surface area contributed by atoms with Crippen molar-refractivity contribution in [3.63, 3.8) is 0 Å². The minimum absolute atomic E-state index is 0.0737. The van der Waals surface area contributed by atoms with Crippen LogP contribution >= 0.6 is 0 Å². The van der Waals surface area contributed by atoms with Gasteiger partial charge < -0.3 is 14.7 Å². The Bertz CT molecular complexity index is 1560. The molecule has 3 aliphatic rings. The second-order valence-electron chi connectivity index (χ2n) is 11.1. The predicted molar refractivity (Wildman–Crippen MR) is 152 cm³/mol. The number of amides is 3. The van der Waals surface area contributed by atoms with E-state index in [0.717, 1.165) is 17.0 Å². The summed E-state index contributed by atoms with van der Waals surface area (Å²) in [6.45, 7) is 2.88. The molecule has 0 atom stereocenters. The van der Waals surface area contributed by atoms with E-state index in [1.165, 1.54) is 18.2 Å². The van der Waals surface area contributed by atoms with Crippen molar-refractivity contribution >= 4 is 29.1 Å². The highest BCUT2D eigenvalue weighted by atomic mass is 19.4. The molecule has 3 amide bonds. The van der Waals surface area contributed by atoms with Crippen molar-refractivity contribution in [1.29, 1.82) is 0 Å². The van der Waals surface area contributed by atoms with E-state index in [-0.39, 0.29) is 40.9 Å². The van der Waals surface area contributed by atoms with E-state index in [0.29, 0.717) is 63.5 Å². The summed E-state index contributed by atoms with van der Waals surface area (Å²) >= 11 is 0. The summed E-state index contributed by atoms with van der Waals surface area (Å²) in [6.07, 6.45) is -3.38. The van der Waals surface area contributed by atoms with Crippen LogP contribution in [0.3, 0.4) is 0 Å². The Morgan fingerprint density at radius 3 is 2.12 bits per heavy atom. The molecule has 0 spiro atoms. The molecular weight excluding hydrogens is 564 g/mol. The highest BCUT2D eigenvalue weighted by molar-refractivity contribution is 6.23. The Labute approximate surface area is 246 Å². The van der Waals surface area contributed by atoms with Gasteiger partial charge in [0.1, 0.15) is 5.82 Å². The number of alkyl halides is 3. The van der Waals surface area contributed by atoms with Crippen LogP contribution in [0.25, 0.3) is 0 Å². The number of carbonyl (C=O) groups is 3. The second-order valence-corrected chi connectivity index (χ2v) is 11.1. The van der Waals surface area contributed by atoms with Crippen LogP contribution in [0.4, 0.5) is 28.9 Å². The monoisotopic (exact) mass is 594 g/mol. The molecule has 3 aliphatic heterocycles. The summed E-state index contributed by atoms with van der Waals surface area (Å²) < 4.78 is 53.8. The first-order valence-corrected chi connectivity index (χ1v) is 14.3. The Morgan fingerprint density at radius 1 is 0.767 bits per heavy atom. The van der Waals surface area contributed by atoms with Crippen LogP contribution in [0.15, 0.2) is 66.7 Å². The molecule has 224 valence electrons. The third kappa shape index (κ3) is 5.55. The summed E-state index contributed by atoms with van der Waals surface area (Å²) in [6, 6.07) is 16.3. The van der Waals surface area contributed by atoms with Gasteiger partial charge in [-0.25, -0.2) is 4.39 Å². The first-order valence-electron chi connectivity index (χ1n) is 14.3. The van der Waals surface area contributed by atoms with E-state index in [2.05, 4.69) is 0 Å². The lowest BCUT2D eigenvalue weighted by Crippen LogP contribution is -2.52. The summed E-state index contributed by atoms with van der Waals surface area (Å²) in [5, 5.41) is 0. The smallest absolute Gasteiger partial charge is 0.371 e. The Balaban J connectivity index is 1.09. The lowest BCUT2D eigenvalue weighted by molar-refractivity contribution is -0.138. The fourth-order valence-corrected chi connectivity index (χ4v) is 6.25. The van der Waals surface area contributed by atoms with Crippen molar-refractivity contribution in [3.05, 3.63) is 94.8 Å². The van der Waals surface area contributed by atoms with Crippen LogP contribution < -0.4 is 9.80 Å². The van der Waals surface area contributed by atoms with Crippen LogP contribution in [-0.4, -0.2) is 66.8 Å². The molecule has 11 heteroatoms. The number of benzene rings is 3. The van der Waals surface area contributed by atoms with Gasteiger partial charge in [0.25, 0.3) is 11.8 Å². The van der Waals surface area contributed by atoms with Crippen molar-refractivity contribution < 1.29 is 31.9 Å². The van der Waals surface area contributed by atoms with E-state index >= 15 is 0 Å². The highest BCUT2D eigenvalue weighted by Crippen LogP contribution is 2.36. The molecule has 2 saturated heterocycles. The van der Waals surface area contributed by atoms with Gasteiger partial charge in [-0.05, 0) is 54.8 Å². The van der Waals surface area contributed by atoms with Crippen molar-refractivity contribution in [1.82, 2.24) is 9.80 Å². The van der Waals surface area contributed by atoms with Crippen LogP contribution in [0.2, 0.25) is 0 Å². The summed E-state index contributed by atoms with van der Waals surface area (Å²) in [7, 11) is 0. The number of carbonyl (C=O) groups excluding carboxylic acids is 3. The number of piperazine rings is 1. The maximum Gasteiger partial charge on any atom is 0.416 e. The number of anilines is 2. The molecule has 0 unspecified atom stereocenters. The fourth-order valence-electron chi connectivity index (χ4n) is 6.25. The van der Waals surface area contributed by atoms with Crippen molar-refractivity contribution in [2.75, 3.05) is 49.1 Å². The van der Waals surface area contributed by atoms with Crippen LogP contribution in [0.5, 0.6) is 0 Å². The molecule has 0 bridgehead atoms. The number of hydrogen-bond donors (Lipinski definition) is 0. The van der Waals surface area contributed by atoms with E-state index < -0.39 is 23.6 Å². The molecular formula is C32H30F4N4O3. The van der Waals surface area contributed by atoms with Crippen molar-refractivity contribution in [3.8, 4) is 0 Å². The maximum atomic E-state index is 14.2. The zero-order valence-electron chi connectivity index (χ0n) is 23.3. The number of imide groups is 1. The van der Waals surface area contributed by atoms with Crippen LogP contribution in [0, 0.1) is 11.7 Å². The minimum atomic E-state index is -4.53. The first kappa shape index (κ1) is 28.7. The molecule has 0 radical (unpaired) electrons. The molecule has 0 aliphatic carbocycles. The lowest BCUT2D eigenvalue weighted by Gasteiger charge is -2.40.